The van der Waals surface area contributed by atoms with Crippen LogP contribution in [0.15, 0.2) is 28.7 Å². The van der Waals surface area contributed by atoms with Gasteiger partial charge in [0.05, 0.1) is 17.0 Å². The number of ether oxygens (including phenoxy) is 1. The molecule has 0 aliphatic carbocycles. The van der Waals surface area contributed by atoms with Gasteiger partial charge in [-0.25, -0.2) is 0 Å². The van der Waals surface area contributed by atoms with Crippen LogP contribution in [0.5, 0.6) is 0 Å². The molecule has 0 bridgehead atoms. The fraction of sp³-hybridized carbons (Fsp3) is 0.400. The zero-order valence-corrected chi connectivity index (χ0v) is 8.13. The van der Waals surface area contributed by atoms with Crippen LogP contribution in [0.1, 0.15) is 11.0 Å². The molecule has 0 amide bonds. The lowest BCUT2D eigenvalue weighted by atomic mass is 10.1. The number of methoxy groups -OCH3 is 1. The Morgan fingerprint density at radius 1 is 1.62 bits per heavy atom. The SMILES string of the molecule is [2H]C([2H])([2H])OC1([2H])C([2H])([2H])N(c2ccc(Br)cc2)C1([2H])[2H]. The molecule has 0 N–H and O–H groups in total. The van der Waals surface area contributed by atoms with Gasteiger partial charge in [-0.05, 0) is 24.3 Å². The monoisotopic (exact) mass is 249 g/mol. The Balaban J connectivity index is 2.42. The first-order valence-corrected chi connectivity index (χ1v) is 4.38. The molecule has 1 aromatic rings. The predicted molar refractivity (Wildman–Crippen MR) is 57.2 cm³/mol. The summed E-state index contributed by atoms with van der Waals surface area (Å²) in [6.45, 7) is -5.28. The highest BCUT2D eigenvalue weighted by atomic mass is 79.9. The Labute approximate surface area is 97.9 Å². The molecular weight excluding hydrogens is 230 g/mol. The summed E-state index contributed by atoms with van der Waals surface area (Å²) in [6.07, 6.45) is -2.86. The molecule has 1 aliphatic rings. The summed E-state index contributed by atoms with van der Waals surface area (Å²) < 4.78 is 65.6. The minimum absolute atomic E-state index is 0.185. The van der Waals surface area contributed by atoms with Crippen molar-refractivity contribution in [1.29, 1.82) is 0 Å². The molecule has 2 nitrogen and oxygen atoms in total. The van der Waals surface area contributed by atoms with E-state index in [1.165, 1.54) is 12.1 Å². The highest BCUT2D eigenvalue weighted by molar-refractivity contribution is 9.10. The van der Waals surface area contributed by atoms with Crippen LogP contribution in [-0.2, 0) is 4.74 Å². The Morgan fingerprint density at radius 3 is 2.92 bits per heavy atom. The smallest absolute Gasteiger partial charge is 0.0920 e. The summed E-state index contributed by atoms with van der Waals surface area (Å²) in [6, 6.07) is 6.12. The number of anilines is 1. The number of benzene rings is 1. The van der Waals surface area contributed by atoms with Crippen LogP contribution in [0.4, 0.5) is 5.69 Å². The van der Waals surface area contributed by atoms with Crippen molar-refractivity contribution in [2.75, 3.05) is 24.9 Å². The van der Waals surface area contributed by atoms with Crippen LogP contribution in [-0.4, -0.2) is 26.1 Å². The van der Waals surface area contributed by atoms with E-state index in [9.17, 15) is 0 Å². The topological polar surface area (TPSA) is 12.5 Å². The van der Waals surface area contributed by atoms with Crippen molar-refractivity contribution in [2.45, 2.75) is 6.08 Å². The molecule has 0 saturated carbocycles. The van der Waals surface area contributed by atoms with Crippen LogP contribution < -0.4 is 4.90 Å². The van der Waals surface area contributed by atoms with Crippen molar-refractivity contribution in [3.05, 3.63) is 28.7 Å². The second-order valence-corrected chi connectivity index (χ2v) is 3.38. The number of halogens is 1. The Bertz CT molecular complexity index is 527. The van der Waals surface area contributed by atoms with E-state index >= 15 is 0 Å². The van der Waals surface area contributed by atoms with E-state index in [0.717, 1.165) is 4.47 Å². The molecule has 1 aromatic carbocycles. The first kappa shape index (κ1) is 3.55. The third-order valence-corrected chi connectivity index (χ3v) is 2.14. The van der Waals surface area contributed by atoms with Gasteiger partial charge in [0.2, 0.25) is 0 Å². The first-order valence-electron chi connectivity index (χ1n) is 7.59. The second-order valence-electron chi connectivity index (χ2n) is 2.47. The Kier molecular flexibility index (Phi) is 1.01. The summed E-state index contributed by atoms with van der Waals surface area (Å²) in [7, 11) is -3.08. The molecule has 3 heteroatoms. The maximum absolute atomic E-state index is 7.88. The van der Waals surface area contributed by atoms with E-state index in [0.29, 0.717) is 4.90 Å². The van der Waals surface area contributed by atoms with Crippen LogP contribution in [0.2, 0.25) is 0 Å². The number of rotatable bonds is 2. The summed E-state index contributed by atoms with van der Waals surface area (Å²) in [4.78, 5) is 0.700. The van der Waals surface area contributed by atoms with Crippen LogP contribution in [0, 0.1) is 0 Å². The van der Waals surface area contributed by atoms with E-state index in [4.69, 9.17) is 11.0 Å². The van der Waals surface area contributed by atoms with E-state index < -0.39 is 26.1 Å². The zero-order chi connectivity index (χ0) is 16.3. The highest BCUT2D eigenvalue weighted by Gasteiger charge is 2.26. The van der Waals surface area contributed by atoms with Gasteiger partial charge >= 0.3 is 0 Å². The molecule has 0 unspecified atom stereocenters. The molecule has 0 radical (unpaired) electrons. The van der Waals surface area contributed by atoms with Gasteiger partial charge in [-0.1, -0.05) is 15.9 Å². The molecule has 1 aliphatic heterocycles. The molecule has 70 valence electrons. The minimum Gasteiger partial charge on any atom is -0.378 e. The van der Waals surface area contributed by atoms with Gasteiger partial charge in [0.25, 0.3) is 0 Å². The maximum Gasteiger partial charge on any atom is 0.0920 e. The molecule has 0 aromatic heterocycles. The fourth-order valence-electron chi connectivity index (χ4n) is 0.968. The highest BCUT2D eigenvalue weighted by Crippen LogP contribution is 2.23. The van der Waals surface area contributed by atoms with Crippen LogP contribution in [0.3, 0.4) is 0 Å². The van der Waals surface area contributed by atoms with Gasteiger partial charge in [-0.2, -0.15) is 0 Å². The Hall–Kier alpha value is -0.540. The minimum atomic E-state index is -3.08. The van der Waals surface area contributed by atoms with E-state index in [1.54, 1.807) is 12.1 Å². The predicted octanol–water partition coefficient (Wildman–Crippen LogP) is 2.28. The maximum atomic E-state index is 7.88. The average molecular weight is 250 g/mol. The molecule has 0 atom stereocenters. The first-order chi connectivity index (χ1) is 9.33. The van der Waals surface area contributed by atoms with Crippen molar-refractivity contribution in [1.82, 2.24) is 0 Å². The van der Waals surface area contributed by atoms with Gasteiger partial charge < -0.3 is 9.64 Å². The van der Waals surface area contributed by atoms with Gasteiger partial charge in [0.1, 0.15) is 0 Å². The summed E-state index contributed by atoms with van der Waals surface area (Å²) >= 11 is 3.21. The lowest BCUT2D eigenvalue weighted by Crippen LogP contribution is -2.51. The van der Waals surface area contributed by atoms with Gasteiger partial charge in [-0.3, -0.25) is 0 Å². The molecule has 2 rings (SSSR count). The van der Waals surface area contributed by atoms with Crippen molar-refractivity contribution in [3.8, 4) is 0 Å². The molecular formula is C10H12BrNO. The van der Waals surface area contributed by atoms with Gasteiger partial charge in [-0.15, -0.1) is 0 Å². The standard InChI is InChI=1S/C10H12BrNO/c1-13-10-6-12(7-10)9-4-2-8(11)3-5-9/h2-5,10H,6-7H2,1H3/i1D3,6D2,7D2,10D. The number of nitrogens with zero attached hydrogens (tertiary/aromatic N) is 1. The average Bonchev–Trinajstić information content (AvgIpc) is 2.28. The van der Waals surface area contributed by atoms with Crippen molar-refractivity contribution >= 4 is 21.6 Å². The number of hydrogen-bond donors (Lipinski definition) is 0. The van der Waals surface area contributed by atoms with Crippen LogP contribution >= 0.6 is 15.9 Å². The van der Waals surface area contributed by atoms with Crippen LogP contribution in [0.25, 0.3) is 0 Å². The molecule has 1 fully saturated rings. The van der Waals surface area contributed by atoms with Crippen molar-refractivity contribution in [3.63, 3.8) is 0 Å². The normalized spacial score (nSPS) is 37.5. The van der Waals surface area contributed by atoms with Crippen molar-refractivity contribution in [2.24, 2.45) is 0 Å². The summed E-state index contributed by atoms with van der Waals surface area (Å²) in [5, 5.41) is 0. The lowest BCUT2D eigenvalue weighted by Gasteiger charge is -2.39. The van der Waals surface area contributed by atoms with Crippen molar-refractivity contribution < 1.29 is 15.7 Å². The van der Waals surface area contributed by atoms with E-state index in [1.807, 2.05) is 0 Å². The lowest BCUT2D eigenvalue weighted by molar-refractivity contribution is 0.0788. The molecule has 13 heavy (non-hydrogen) atoms. The summed E-state index contributed by atoms with van der Waals surface area (Å²) in [5.74, 6) is 0. The fourth-order valence-corrected chi connectivity index (χ4v) is 1.23. The summed E-state index contributed by atoms with van der Waals surface area (Å²) in [5.41, 5.74) is 0.185. The van der Waals surface area contributed by atoms with E-state index in [-0.39, 0.29) is 5.69 Å². The quantitative estimate of drug-likeness (QED) is 0.798. The third-order valence-electron chi connectivity index (χ3n) is 1.61. The number of hydrogen-bond acceptors (Lipinski definition) is 2. The van der Waals surface area contributed by atoms with Gasteiger partial charge in [0, 0.05) is 30.2 Å². The second kappa shape index (κ2) is 3.68. The third kappa shape index (κ3) is 1.86. The van der Waals surface area contributed by atoms with Gasteiger partial charge in [0.15, 0.2) is 0 Å². The zero-order valence-electron chi connectivity index (χ0n) is 14.5. The molecule has 1 heterocycles. The van der Waals surface area contributed by atoms with E-state index in [2.05, 4.69) is 20.7 Å². The Morgan fingerprint density at radius 2 is 2.31 bits per heavy atom. The molecule has 1 saturated heterocycles. The molecule has 0 spiro atoms. The largest absolute Gasteiger partial charge is 0.378 e.